The van der Waals surface area contributed by atoms with Gasteiger partial charge in [-0.2, -0.15) is 0 Å². The van der Waals surface area contributed by atoms with Gasteiger partial charge >= 0.3 is 0 Å². The monoisotopic (exact) mass is 804 g/mol. The molecule has 12 rings (SSSR count). The van der Waals surface area contributed by atoms with E-state index in [1.54, 1.807) is 0 Å². The summed E-state index contributed by atoms with van der Waals surface area (Å²) in [7, 11) is 0. The molecular formula is C60H40N2O. The molecule has 0 radical (unpaired) electrons. The average molecular weight is 805 g/mol. The van der Waals surface area contributed by atoms with Gasteiger partial charge in [-0.15, -0.1) is 0 Å². The lowest BCUT2D eigenvalue weighted by Crippen LogP contribution is -2.09. The van der Waals surface area contributed by atoms with Gasteiger partial charge in [0.1, 0.15) is 11.2 Å². The Balaban J connectivity index is 0.948. The number of nitrogens with zero attached hydrogens (tertiary/aromatic N) is 2. The lowest BCUT2D eigenvalue weighted by atomic mass is 9.92. The molecule has 10 aromatic carbocycles. The molecule has 0 atom stereocenters. The van der Waals surface area contributed by atoms with E-state index in [1.807, 2.05) is 12.1 Å². The van der Waals surface area contributed by atoms with E-state index in [0.717, 1.165) is 72.5 Å². The van der Waals surface area contributed by atoms with Crippen LogP contribution in [-0.4, -0.2) is 4.57 Å². The minimum absolute atomic E-state index is 0.891. The third-order valence-corrected chi connectivity index (χ3v) is 12.4. The lowest BCUT2D eigenvalue weighted by molar-refractivity contribution is 0.669. The van der Waals surface area contributed by atoms with Gasteiger partial charge in [0, 0.05) is 44.3 Å². The quantitative estimate of drug-likeness (QED) is 0.153. The van der Waals surface area contributed by atoms with E-state index in [2.05, 4.69) is 240 Å². The number of hydrogen-bond acceptors (Lipinski definition) is 2. The molecule has 0 N–H and O–H groups in total. The van der Waals surface area contributed by atoms with Crippen LogP contribution in [-0.2, 0) is 0 Å². The Morgan fingerprint density at radius 1 is 0.270 bits per heavy atom. The molecule has 0 saturated carbocycles. The van der Waals surface area contributed by atoms with Gasteiger partial charge in [-0.1, -0.05) is 140 Å². The Kier molecular flexibility index (Phi) is 8.83. The van der Waals surface area contributed by atoms with Crippen molar-refractivity contribution in [3.8, 4) is 50.2 Å². The summed E-state index contributed by atoms with van der Waals surface area (Å²) in [6, 6.07) is 87.1. The van der Waals surface area contributed by atoms with Gasteiger partial charge in [-0.3, -0.25) is 0 Å². The average Bonchev–Trinajstić information content (AvgIpc) is 3.90. The zero-order chi connectivity index (χ0) is 41.7. The maximum Gasteiger partial charge on any atom is 0.136 e. The van der Waals surface area contributed by atoms with Crippen molar-refractivity contribution in [1.29, 1.82) is 0 Å². The fourth-order valence-electron chi connectivity index (χ4n) is 9.30. The van der Waals surface area contributed by atoms with Crippen molar-refractivity contribution >= 4 is 60.8 Å². The lowest BCUT2D eigenvalue weighted by Gasteiger charge is -2.25. The topological polar surface area (TPSA) is 21.3 Å². The van der Waals surface area contributed by atoms with E-state index in [9.17, 15) is 0 Å². The molecule has 0 spiro atoms. The van der Waals surface area contributed by atoms with Gasteiger partial charge in [0.25, 0.3) is 0 Å². The molecule has 296 valence electrons. The number of anilines is 3. The van der Waals surface area contributed by atoms with Crippen molar-refractivity contribution < 1.29 is 4.42 Å². The van der Waals surface area contributed by atoms with Crippen LogP contribution in [0, 0.1) is 0 Å². The summed E-state index contributed by atoms with van der Waals surface area (Å²) >= 11 is 0. The fourth-order valence-corrected chi connectivity index (χ4v) is 9.30. The van der Waals surface area contributed by atoms with Crippen molar-refractivity contribution in [2.45, 2.75) is 0 Å². The van der Waals surface area contributed by atoms with E-state index in [-0.39, 0.29) is 0 Å². The maximum absolute atomic E-state index is 6.39. The first-order valence-corrected chi connectivity index (χ1v) is 21.5. The molecule has 0 unspecified atom stereocenters. The molecular weight excluding hydrogens is 765 g/mol. The first-order valence-electron chi connectivity index (χ1n) is 21.5. The van der Waals surface area contributed by atoms with Crippen LogP contribution in [0.1, 0.15) is 0 Å². The smallest absolute Gasteiger partial charge is 0.136 e. The minimum atomic E-state index is 0.891. The molecule has 0 amide bonds. The Bertz CT molecular complexity index is 3550. The fraction of sp³-hybridized carbons (Fsp3) is 0. The Hall–Kier alpha value is -8.40. The van der Waals surface area contributed by atoms with Crippen LogP contribution < -0.4 is 4.90 Å². The van der Waals surface area contributed by atoms with Crippen LogP contribution in [0.4, 0.5) is 17.1 Å². The second-order valence-electron chi connectivity index (χ2n) is 16.2. The summed E-state index contributed by atoms with van der Waals surface area (Å²) in [6.07, 6.45) is 0. The molecule has 0 fully saturated rings. The normalized spacial score (nSPS) is 11.5. The van der Waals surface area contributed by atoms with E-state index in [0.29, 0.717) is 0 Å². The summed E-state index contributed by atoms with van der Waals surface area (Å²) < 4.78 is 8.76. The summed E-state index contributed by atoms with van der Waals surface area (Å²) in [5.74, 6) is 0. The van der Waals surface area contributed by atoms with E-state index in [1.165, 1.54) is 38.5 Å². The second-order valence-corrected chi connectivity index (χ2v) is 16.2. The second kappa shape index (κ2) is 15.3. The number of hydrogen-bond donors (Lipinski definition) is 0. The predicted octanol–water partition coefficient (Wildman–Crippen LogP) is 16.8. The van der Waals surface area contributed by atoms with Crippen molar-refractivity contribution in [2.24, 2.45) is 0 Å². The van der Waals surface area contributed by atoms with Gasteiger partial charge in [-0.25, -0.2) is 0 Å². The van der Waals surface area contributed by atoms with Crippen LogP contribution in [0.25, 0.3) is 93.9 Å². The molecule has 3 heteroatoms. The van der Waals surface area contributed by atoms with Crippen LogP contribution in [0.2, 0.25) is 0 Å². The van der Waals surface area contributed by atoms with Gasteiger partial charge in [-0.05, 0) is 148 Å². The van der Waals surface area contributed by atoms with Gasteiger partial charge in [0.15, 0.2) is 0 Å². The van der Waals surface area contributed by atoms with Crippen LogP contribution in [0.15, 0.2) is 247 Å². The van der Waals surface area contributed by atoms with Crippen LogP contribution in [0.5, 0.6) is 0 Å². The van der Waals surface area contributed by atoms with Crippen molar-refractivity contribution in [1.82, 2.24) is 4.57 Å². The zero-order valence-corrected chi connectivity index (χ0v) is 34.4. The van der Waals surface area contributed by atoms with Crippen LogP contribution in [0.3, 0.4) is 0 Å². The summed E-state index contributed by atoms with van der Waals surface area (Å²) in [6.45, 7) is 0. The number of aromatic nitrogens is 1. The standard InChI is InChI=1S/C60H40N2O/c1-4-14-49(15-5-1)61(50-16-6-2-7-17-50)52-32-28-42(29-33-52)41-24-26-43(27-25-41)46-36-47(38-48(37-46)45-30-34-55-54-21-11-13-23-59(54)63-60(55)40-45)44-31-35-58-56(39-44)53-20-10-12-22-57(53)62(58)51-18-8-3-9-19-51/h1-40H. The van der Waals surface area contributed by atoms with E-state index >= 15 is 0 Å². The Morgan fingerprint density at radius 3 is 1.38 bits per heavy atom. The van der Waals surface area contributed by atoms with E-state index in [4.69, 9.17) is 4.42 Å². The highest BCUT2D eigenvalue weighted by Gasteiger charge is 2.16. The molecule has 2 heterocycles. The van der Waals surface area contributed by atoms with Gasteiger partial charge in [0.2, 0.25) is 0 Å². The maximum atomic E-state index is 6.39. The number of rotatable bonds is 8. The summed E-state index contributed by atoms with van der Waals surface area (Å²) in [5, 5.41) is 4.73. The van der Waals surface area contributed by atoms with Crippen molar-refractivity contribution in [2.75, 3.05) is 4.90 Å². The Labute approximate surface area is 366 Å². The third-order valence-electron chi connectivity index (χ3n) is 12.4. The highest BCUT2D eigenvalue weighted by atomic mass is 16.3. The molecule has 63 heavy (non-hydrogen) atoms. The largest absolute Gasteiger partial charge is 0.456 e. The molecule has 0 saturated heterocycles. The number of para-hydroxylation sites is 5. The summed E-state index contributed by atoms with van der Waals surface area (Å²) in [4.78, 5) is 2.29. The number of benzene rings is 10. The Morgan fingerprint density at radius 2 is 0.714 bits per heavy atom. The highest BCUT2D eigenvalue weighted by Crippen LogP contribution is 2.40. The van der Waals surface area contributed by atoms with E-state index < -0.39 is 0 Å². The molecule has 12 aromatic rings. The SMILES string of the molecule is c1ccc(N(c2ccccc2)c2ccc(-c3ccc(-c4cc(-c5ccc6c(c5)oc5ccccc56)cc(-c5ccc6c(c5)c5ccccc5n6-c5ccccc5)c4)cc3)cc2)cc1. The number of fused-ring (bicyclic) bond motifs is 6. The van der Waals surface area contributed by atoms with Gasteiger partial charge < -0.3 is 13.9 Å². The van der Waals surface area contributed by atoms with Crippen molar-refractivity contribution in [3.63, 3.8) is 0 Å². The first kappa shape index (κ1) is 36.5. The molecule has 0 aliphatic carbocycles. The van der Waals surface area contributed by atoms with Crippen molar-refractivity contribution in [3.05, 3.63) is 243 Å². The summed E-state index contributed by atoms with van der Waals surface area (Å²) in [5.41, 5.74) is 17.9. The molecule has 0 bridgehead atoms. The molecule has 0 aliphatic rings. The third kappa shape index (κ3) is 6.55. The molecule has 0 aliphatic heterocycles. The van der Waals surface area contributed by atoms with Gasteiger partial charge in [0.05, 0.1) is 11.0 Å². The first-order chi connectivity index (χ1) is 31.2. The van der Waals surface area contributed by atoms with Crippen LogP contribution >= 0.6 is 0 Å². The molecule has 3 nitrogen and oxygen atoms in total. The zero-order valence-electron chi connectivity index (χ0n) is 34.4. The highest BCUT2D eigenvalue weighted by molar-refractivity contribution is 6.11. The molecule has 2 aromatic heterocycles. The predicted molar refractivity (Wildman–Crippen MR) is 264 cm³/mol. The minimum Gasteiger partial charge on any atom is -0.456 e. The number of furan rings is 1.